The van der Waals surface area contributed by atoms with Crippen molar-refractivity contribution in [3.63, 3.8) is 0 Å². The van der Waals surface area contributed by atoms with Gasteiger partial charge in [0.05, 0.1) is 21.5 Å². The molecule has 1 aliphatic rings. The van der Waals surface area contributed by atoms with Crippen molar-refractivity contribution < 1.29 is 9.72 Å². The molecule has 37 heavy (non-hydrogen) atoms. The van der Waals surface area contributed by atoms with Gasteiger partial charge in [-0.1, -0.05) is 30.0 Å². The van der Waals surface area contributed by atoms with Crippen LogP contribution in [0.25, 0.3) is 16.6 Å². The Balaban J connectivity index is 1.59. The van der Waals surface area contributed by atoms with Crippen molar-refractivity contribution >= 4 is 34.3 Å². The number of aromatic nitrogens is 2. The quantitative estimate of drug-likeness (QED) is 0.147. The van der Waals surface area contributed by atoms with E-state index in [0.717, 1.165) is 48.3 Å². The number of rotatable bonds is 6. The smallest absolute Gasteiger partial charge is 0.269 e. The van der Waals surface area contributed by atoms with Gasteiger partial charge in [-0.3, -0.25) is 24.3 Å². The Kier molecular flexibility index (Phi) is 6.80. The molecule has 0 N–H and O–H groups in total. The normalized spacial score (nSPS) is 13.3. The monoisotopic (exact) mass is 514 g/mol. The third-order valence-corrected chi connectivity index (χ3v) is 7.47. The van der Waals surface area contributed by atoms with Crippen molar-refractivity contribution in [3.05, 3.63) is 103 Å². The molecule has 5 rings (SSSR count). The first-order chi connectivity index (χ1) is 17.8. The fourth-order valence-corrected chi connectivity index (χ4v) is 5.64. The first-order valence-electron chi connectivity index (χ1n) is 12.1. The number of hydrogen-bond donors (Lipinski definition) is 0. The summed E-state index contributed by atoms with van der Waals surface area (Å²) in [6.07, 6.45) is 2.00. The van der Waals surface area contributed by atoms with Gasteiger partial charge >= 0.3 is 0 Å². The molecular weight excluding hydrogens is 488 g/mol. The largest absolute Gasteiger partial charge is 0.339 e. The van der Waals surface area contributed by atoms with Gasteiger partial charge in [0.15, 0.2) is 5.16 Å². The van der Waals surface area contributed by atoms with Crippen LogP contribution in [0.1, 0.15) is 39.9 Å². The third kappa shape index (κ3) is 5.13. The van der Waals surface area contributed by atoms with Crippen LogP contribution in [0.2, 0.25) is 0 Å². The van der Waals surface area contributed by atoms with Gasteiger partial charge in [-0.05, 0) is 73.7 Å². The van der Waals surface area contributed by atoms with Crippen molar-refractivity contribution in [2.75, 3.05) is 13.1 Å². The van der Waals surface area contributed by atoms with Crippen LogP contribution in [0.5, 0.6) is 0 Å². The fourth-order valence-electron chi connectivity index (χ4n) is 4.67. The minimum atomic E-state index is -0.430. The summed E-state index contributed by atoms with van der Waals surface area (Å²) < 4.78 is 1.61. The molecule has 0 saturated carbocycles. The zero-order chi connectivity index (χ0) is 26.1. The van der Waals surface area contributed by atoms with Crippen LogP contribution in [0, 0.1) is 24.0 Å². The molecule has 0 atom stereocenters. The van der Waals surface area contributed by atoms with Gasteiger partial charge in [0.25, 0.3) is 17.2 Å². The number of nitro benzene ring substituents is 1. The van der Waals surface area contributed by atoms with Crippen LogP contribution in [-0.2, 0) is 5.75 Å². The lowest BCUT2D eigenvalue weighted by molar-refractivity contribution is -0.384. The number of carbonyl (C=O) groups is 1. The maximum atomic E-state index is 13.8. The Morgan fingerprint density at radius 1 is 1.00 bits per heavy atom. The average Bonchev–Trinajstić information content (AvgIpc) is 3.41. The number of hydrogen-bond acceptors (Lipinski definition) is 6. The van der Waals surface area contributed by atoms with Crippen LogP contribution in [0.15, 0.2) is 70.6 Å². The van der Waals surface area contributed by atoms with E-state index in [1.807, 2.05) is 36.9 Å². The van der Waals surface area contributed by atoms with Gasteiger partial charge in [-0.25, -0.2) is 4.98 Å². The number of nitro groups is 1. The average molecular weight is 515 g/mol. The van der Waals surface area contributed by atoms with Crippen molar-refractivity contribution in [1.29, 1.82) is 0 Å². The molecule has 0 radical (unpaired) electrons. The Hall–Kier alpha value is -3.98. The van der Waals surface area contributed by atoms with E-state index in [4.69, 9.17) is 4.98 Å². The number of benzene rings is 3. The van der Waals surface area contributed by atoms with E-state index in [0.29, 0.717) is 27.4 Å². The van der Waals surface area contributed by atoms with E-state index in [9.17, 15) is 19.7 Å². The van der Waals surface area contributed by atoms with Crippen LogP contribution < -0.4 is 5.56 Å². The summed E-state index contributed by atoms with van der Waals surface area (Å²) >= 11 is 1.38. The number of nitrogens with zero attached hydrogens (tertiary/aromatic N) is 4. The molecule has 0 bridgehead atoms. The van der Waals surface area contributed by atoms with Crippen LogP contribution in [0.4, 0.5) is 5.69 Å². The summed E-state index contributed by atoms with van der Waals surface area (Å²) in [6, 6.07) is 17.4. The number of fused-ring (bicyclic) bond motifs is 1. The fraction of sp³-hybridized carbons (Fsp3) is 0.250. The van der Waals surface area contributed by atoms with E-state index in [1.165, 1.54) is 23.9 Å². The second-order valence-electron chi connectivity index (χ2n) is 9.32. The second-order valence-corrected chi connectivity index (χ2v) is 10.3. The van der Waals surface area contributed by atoms with Crippen LogP contribution in [-0.4, -0.2) is 38.4 Å². The van der Waals surface area contributed by atoms with Gasteiger partial charge in [0.1, 0.15) is 0 Å². The SMILES string of the molecule is Cc1cc(C)cc(-n2c(SCc3ccc([N+](=O)[O-])cc3)nc3cc(C(=O)N4CCCC4)ccc3c2=O)c1. The summed E-state index contributed by atoms with van der Waals surface area (Å²) in [5.41, 5.74) is 4.47. The lowest BCUT2D eigenvalue weighted by Crippen LogP contribution is -2.28. The molecule has 1 fully saturated rings. The second kappa shape index (κ2) is 10.2. The van der Waals surface area contributed by atoms with E-state index in [2.05, 4.69) is 0 Å². The van der Waals surface area contributed by atoms with Crippen LogP contribution >= 0.6 is 11.8 Å². The molecule has 3 aromatic carbocycles. The highest BCUT2D eigenvalue weighted by molar-refractivity contribution is 7.98. The number of amides is 1. The van der Waals surface area contributed by atoms with Crippen molar-refractivity contribution in [3.8, 4) is 5.69 Å². The molecule has 9 heteroatoms. The Morgan fingerprint density at radius 3 is 2.32 bits per heavy atom. The first kappa shape index (κ1) is 24.7. The number of carbonyl (C=O) groups excluding carboxylic acids is 1. The molecule has 0 aliphatic carbocycles. The molecule has 2 heterocycles. The Bertz CT molecular complexity index is 1550. The highest BCUT2D eigenvalue weighted by atomic mass is 32.2. The number of likely N-dealkylation sites (tertiary alicyclic amines) is 1. The van der Waals surface area contributed by atoms with Crippen molar-refractivity contribution in [2.45, 2.75) is 37.6 Å². The summed E-state index contributed by atoms with van der Waals surface area (Å²) in [5.74, 6) is 0.424. The highest BCUT2D eigenvalue weighted by Gasteiger charge is 2.21. The lowest BCUT2D eigenvalue weighted by atomic mass is 10.1. The Morgan fingerprint density at radius 2 is 1.68 bits per heavy atom. The topological polar surface area (TPSA) is 98.3 Å². The lowest BCUT2D eigenvalue weighted by Gasteiger charge is -2.17. The standard InChI is InChI=1S/C28H26N4O4S/c1-18-13-19(2)15-23(14-18)31-27(34)24-10-7-21(26(33)30-11-3-4-12-30)16-25(24)29-28(31)37-17-20-5-8-22(9-6-20)32(35)36/h5-10,13-16H,3-4,11-12,17H2,1-2H3. The van der Waals surface area contributed by atoms with E-state index in [1.54, 1.807) is 34.9 Å². The predicted octanol–water partition coefficient (Wildman–Crippen LogP) is 5.44. The molecule has 0 unspecified atom stereocenters. The molecule has 1 amide bonds. The van der Waals surface area contributed by atoms with Gasteiger partial charge in [-0.15, -0.1) is 0 Å². The predicted molar refractivity (Wildman–Crippen MR) is 145 cm³/mol. The first-order valence-corrected chi connectivity index (χ1v) is 13.1. The molecule has 1 aromatic heterocycles. The molecule has 8 nitrogen and oxygen atoms in total. The molecule has 1 aliphatic heterocycles. The molecular formula is C28H26N4O4S. The summed E-state index contributed by atoms with van der Waals surface area (Å²) in [5, 5.41) is 11.9. The third-order valence-electron chi connectivity index (χ3n) is 6.46. The van der Waals surface area contributed by atoms with Gasteiger partial charge in [-0.2, -0.15) is 0 Å². The van der Waals surface area contributed by atoms with E-state index >= 15 is 0 Å². The number of non-ortho nitro benzene ring substituents is 1. The maximum Gasteiger partial charge on any atom is 0.269 e. The minimum absolute atomic E-state index is 0.0277. The summed E-state index contributed by atoms with van der Waals surface area (Å²) in [4.78, 5) is 44.0. The number of thioether (sulfide) groups is 1. The zero-order valence-corrected chi connectivity index (χ0v) is 21.5. The van der Waals surface area contributed by atoms with Gasteiger partial charge in [0, 0.05) is 36.5 Å². The molecule has 1 saturated heterocycles. The highest BCUT2D eigenvalue weighted by Crippen LogP contribution is 2.27. The molecule has 188 valence electrons. The van der Waals surface area contributed by atoms with E-state index < -0.39 is 4.92 Å². The maximum absolute atomic E-state index is 13.8. The Labute approximate surface area is 218 Å². The summed E-state index contributed by atoms with van der Waals surface area (Å²) in [6.45, 7) is 5.45. The molecule has 0 spiro atoms. The summed E-state index contributed by atoms with van der Waals surface area (Å²) in [7, 11) is 0. The van der Waals surface area contributed by atoms with Gasteiger partial charge < -0.3 is 4.90 Å². The van der Waals surface area contributed by atoms with Crippen molar-refractivity contribution in [2.24, 2.45) is 0 Å². The van der Waals surface area contributed by atoms with Crippen molar-refractivity contribution in [1.82, 2.24) is 14.5 Å². The molecule has 4 aromatic rings. The number of aryl methyl sites for hydroxylation is 2. The van der Waals surface area contributed by atoms with Gasteiger partial charge in [0.2, 0.25) is 0 Å². The van der Waals surface area contributed by atoms with E-state index in [-0.39, 0.29) is 17.2 Å². The minimum Gasteiger partial charge on any atom is -0.339 e. The zero-order valence-electron chi connectivity index (χ0n) is 20.6. The van der Waals surface area contributed by atoms with Crippen LogP contribution in [0.3, 0.4) is 0 Å².